The summed E-state index contributed by atoms with van der Waals surface area (Å²) in [5, 5.41) is 180. The van der Waals surface area contributed by atoms with Crippen molar-refractivity contribution in [3.05, 3.63) is 319 Å². The maximum atomic E-state index is 13.5. The van der Waals surface area contributed by atoms with Gasteiger partial charge >= 0.3 is 0 Å². The first kappa shape index (κ1) is 62.6. The summed E-state index contributed by atoms with van der Waals surface area (Å²) in [6.45, 7) is 0. The number of hydrogen-bond acceptors (Lipinski definition) is 18. The van der Waals surface area contributed by atoms with Crippen LogP contribution in [0.15, 0.2) is 224 Å². The normalized spacial score (nSPS) is 22.0. The smallest absolute Gasteiger partial charge is 0.135 e. The van der Waals surface area contributed by atoms with Crippen molar-refractivity contribution in [2.45, 2.75) is 71.6 Å². The van der Waals surface area contributed by atoms with Crippen LogP contribution in [-0.2, 0) is 0 Å². The van der Waals surface area contributed by atoms with Crippen LogP contribution in [-0.4, -0.2) is 76.6 Å². The predicted octanol–water partition coefficient (Wildman–Crippen LogP) is 15.8. The quantitative estimate of drug-likeness (QED) is 0.0605. The molecule has 0 amide bonds. The molecule has 0 saturated carbocycles. The number of hydrogen-bond donors (Lipinski definition) is 15. The van der Waals surface area contributed by atoms with Gasteiger partial charge in [-0.2, -0.15) is 0 Å². The molecule has 3 aliphatic heterocycles. The van der Waals surface area contributed by atoms with Crippen molar-refractivity contribution in [1.82, 2.24) is 0 Å². The van der Waals surface area contributed by atoms with Gasteiger partial charge in [0.2, 0.25) is 0 Å². The van der Waals surface area contributed by atoms with Crippen molar-refractivity contribution in [3.8, 4) is 103 Å². The van der Waals surface area contributed by atoms with Crippen molar-refractivity contribution < 1.29 is 90.8 Å². The number of rotatable bonds is 10. The van der Waals surface area contributed by atoms with Gasteiger partial charge in [0.05, 0.1) is 17.8 Å². The highest BCUT2D eigenvalue weighted by molar-refractivity contribution is 5.71. The molecular formula is C84H64O18. The fourth-order valence-corrected chi connectivity index (χ4v) is 17.7. The fourth-order valence-electron chi connectivity index (χ4n) is 17.7. The Labute approximate surface area is 582 Å². The van der Waals surface area contributed by atoms with Crippen molar-refractivity contribution in [3.63, 3.8) is 0 Å². The van der Waals surface area contributed by atoms with Gasteiger partial charge in [-0.15, -0.1) is 0 Å². The molecule has 18 nitrogen and oxygen atoms in total. The van der Waals surface area contributed by atoms with Gasteiger partial charge in [0.25, 0.3) is 0 Å². The largest absolute Gasteiger partial charge is 0.508 e. The molecule has 12 aromatic rings. The van der Waals surface area contributed by atoms with E-state index in [1.165, 1.54) is 121 Å². The molecule has 102 heavy (non-hydrogen) atoms. The monoisotopic (exact) mass is 1360 g/mol. The zero-order chi connectivity index (χ0) is 70.4. The predicted molar refractivity (Wildman–Crippen MR) is 373 cm³/mol. The second-order valence-corrected chi connectivity index (χ2v) is 27.2. The van der Waals surface area contributed by atoms with Crippen molar-refractivity contribution in [2.75, 3.05) is 0 Å². The molecule has 2 aliphatic carbocycles. The summed E-state index contributed by atoms with van der Waals surface area (Å²) in [5.41, 5.74) is 6.89. The van der Waals surface area contributed by atoms with Gasteiger partial charge in [-0.05, 0) is 194 Å². The highest BCUT2D eigenvalue weighted by Crippen LogP contribution is 2.72. The molecule has 0 bridgehead atoms. The molecule has 508 valence electrons. The molecule has 18 heteroatoms. The summed E-state index contributed by atoms with van der Waals surface area (Å²) in [6.07, 6.45) is -3.11. The average molecular weight is 1360 g/mol. The highest BCUT2D eigenvalue weighted by Gasteiger charge is 2.57. The van der Waals surface area contributed by atoms with E-state index in [1.54, 1.807) is 103 Å². The molecule has 3 heterocycles. The Morgan fingerprint density at radius 2 is 0.520 bits per heavy atom. The molecule has 0 saturated heterocycles. The van der Waals surface area contributed by atoms with Gasteiger partial charge in [-0.3, -0.25) is 0 Å². The van der Waals surface area contributed by atoms with Crippen LogP contribution in [0, 0.1) is 0 Å². The van der Waals surface area contributed by atoms with Gasteiger partial charge in [0, 0.05) is 87.9 Å². The molecule has 0 spiro atoms. The summed E-state index contributed by atoms with van der Waals surface area (Å²) in [7, 11) is 0. The summed E-state index contributed by atoms with van der Waals surface area (Å²) in [4.78, 5) is 0. The maximum absolute atomic E-state index is 13.5. The van der Waals surface area contributed by atoms with Gasteiger partial charge in [-0.1, -0.05) is 72.8 Å². The maximum Gasteiger partial charge on any atom is 0.135 e. The van der Waals surface area contributed by atoms with E-state index in [4.69, 9.17) is 14.2 Å². The Hall–Kier alpha value is -13.0. The molecule has 15 N–H and O–H groups in total. The zero-order valence-electron chi connectivity index (χ0n) is 53.7. The second kappa shape index (κ2) is 23.6. The van der Waals surface area contributed by atoms with E-state index in [0.717, 1.165) is 0 Å². The van der Waals surface area contributed by atoms with E-state index in [0.29, 0.717) is 83.5 Å². The van der Waals surface area contributed by atoms with E-state index < -0.39 is 77.3 Å². The number of ether oxygens (including phenoxy) is 3. The number of fused-ring (bicyclic) bond motifs is 5. The molecule has 0 aromatic heterocycles. The summed E-state index contributed by atoms with van der Waals surface area (Å²) in [5.74, 6) is -13.7. The Bertz CT molecular complexity index is 5310. The molecule has 0 fully saturated rings. The minimum Gasteiger partial charge on any atom is -0.508 e. The molecular weight excluding hydrogens is 1300 g/mol. The number of aromatic hydroxyl groups is 15. The molecule has 5 aliphatic rings. The summed E-state index contributed by atoms with van der Waals surface area (Å²) in [6, 6.07) is 57.4. The van der Waals surface area contributed by atoms with Gasteiger partial charge < -0.3 is 90.8 Å². The van der Waals surface area contributed by atoms with Crippen LogP contribution in [0.2, 0.25) is 0 Å². The van der Waals surface area contributed by atoms with E-state index in [1.807, 2.05) is 0 Å². The zero-order valence-corrected chi connectivity index (χ0v) is 53.7. The molecule has 12 aromatic carbocycles. The first-order valence-electron chi connectivity index (χ1n) is 33.2. The SMILES string of the molecule is Oc1ccc([C@@H]2c3c(O)cc(O)cc3[C@H]3c4c(cc(O)cc4[C@@H]2[C@@H](c2ccc(O)cc2)[C@@H]2c4cc(O)cc5c4[C@H](c4cc(O)cc(O)c4[C@@H](c4ccc(O)cc4)[C@@H]2c2cc(O)cc4c2[C@H](c2cc(O)cc(O)c2)[C@@H](c2ccc(O)cc2)O4)[C@@H](c2ccc(O)cc2)O5)O[C@@H]3c2ccc(O)cc2)cc1. The average Bonchev–Trinajstić information content (AvgIpc) is 1.42. The number of phenols is 15. The Kier molecular flexibility index (Phi) is 14.5. The molecule has 17 rings (SSSR count). The van der Waals surface area contributed by atoms with E-state index in [-0.39, 0.29) is 109 Å². The highest BCUT2D eigenvalue weighted by atomic mass is 16.5. The van der Waals surface area contributed by atoms with E-state index in [2.05, 4.69) is 0 Å². The fraction of sp³-hybridized carbons (Fsp3) is 0.143. The van der Waals surface area contributed by atoms with Crippen LogP contribution in [0.1, 0.15) is 166 Å². The lowest BCUT2D eigenvalue weighted by Crippen LogP contribution is -2.34. The van der Waals surface area contributed by atoms with Crippen LogP contribution in [0.3, 0.4) is 0 Å². The van der Waals surface area contributed by atoms with Crippen LogP contribution in [0.5, 0.6) is 103 Å². The van der Waals surface area contributed by atoms with Gasteiger partial charge in [0.1, 0.15) is 122 Å². The van der Waals surface area contributed by atoms with Crippen LogP contribution in [0.4, 0.5) is 0 Å². The summed E-state index contributed by atoms with van der Waals surface area (Å²) >= 11 is 0. The van der Waals surface area contributed by atoms with Crippen molar-refractivity contribution >= 4 is 0 Å². The Morgan fingerprint density at radius 3 is 0.931 bits per heavy atom. The third-order valence-electron chi connectivity index (χ3n) is 21.4. The molecule has 12 atom stereocenters. The third kappa shape index (κ3) is 10.2. The number of benzene rings is 12. The number of phenolic OH excluding ortho intramolecular Hbond substituents is 15. The standard InChI is InChI=1S/C84H64O18/c85-45-13-1-38(2-14-45)68-72-58(28-53(93)33-63(72)98)80-75-61(31-56(96)36-66(75)101-83(80)42-9-21-49(89)22-10-42)77(68)70(40-5-17-47(87)18-6-40)79-62-32-57(97)37-67-76(62)81(84(102-67)43-11-23-50(90)24-12-43)59-29-54(94)34-64(99)73(59)69(39-3-15-46(86)16-4-39)78(79)60-30-55(95)35-65-74(60)71(44-25-51(91)27-52(92)26-44)82(100-65)41-7-19-48(88)20-8-41/h1-37,68-71,77-99H/t68-,69-,70-,71+,77+,78+,79+,80+,81+,82-,83-,84-/m1/s1. The third-order valence-corrected chi connectivity index (χ3v) is 21.4. The van der Waals surface area contributed by atoms with Crippen LogP contribution < -0.4 is 14.2 Å². The van der Waals surface area contributed by atoms with Gasteiger partial charge in [-0.25, -0.2) is 0 Å². The lowest BCUT2D eigenvalue weighted by Gasteiger charge is -2.48. The Balaban J connectivity index is 1.08. The van der Waals surface area contributed by atoms with Crippen LogP contribution in [0.25, 0.3) is 0 Å². The lowest BCUT2D eigenvalue weighted by atomic mass is 9.54. The topological polar surface area (TPSA) is 331 Å². The first-order chi connectivity index (χ1) is 49.2. The second-order valence-electron chi connectivity index (χ2n) is 27.2. The molecule has 0 unspecified atom stereocenters. The van der Waals surface area contributed by atoms with E-state index >= 15 is 0 Å². The summed E-state index contributed by atoms with van der Waals surface area (Å²) < 4.78 is 21.6. The Morgan fingerprint density at radius 1 is 0.216 bits per heavy atom. The van der Waals surface area contributed by atoms with Gasteiger partial charge in [0.15, 0.2) is 0 Å². The lowest BCUT2D eigenvalue weighted by molar-refractivity contribution is 0.220. The van der Waals surface area contributed by atoms with Crippen LogP contribution >= 0.6 is 0 Å². The minimum atomic E-state index is -1.35. The molecule has 0 radical (unpaired) electrons. The van der Waals surface area contributed by atoms with E-state index in [9.17, 15) is 76.6 Å². The first-order valence-corrected chi connectivity index (χ1v) is 33.2. The van der Waals surface area contributed by atoms with Crippen molar-refractivity contribution in [1.29, 1.82) is 0 Å². The minimum absolute atomic E-state index is 0.0351. The van der Waals surface area contributed by atoms with Crippen molar-refractivity contribution in [2.24, 2.45) is 0 Å².